The fraction of sp³-hybridized carbons (Fsp3) is 0.500. The molecule has 3 rings (SSSR count). The van der Waals surface area contributed by atoms with Crippen LogP contribution in [-0.4, -0.2) is 41.2 Å². The van der Waals surface area contributed by atoms with Crippen LogP contribution >= 0.6 is 0 Å². The van der Waals surface area contributed by atoms with Crippen LogP contribution in [0.25, 0.3) is 0 Å². The Hall–Kier alpha value is -2.14. The molecule has 5 nitrogen and oxygen atoms in total. The van der Waals surface area contributed by atoms with Gasteiger partial charge in [0.15, 0.2) is 0 Å². The van der Waals surface area contributed by atoms with E-state index in [9.17, 15) is 4.79 Å². The van der Waals surface area contributed by atoms with E-state index in [0.717, 1.165) is 18.5 Å². The summed E-state index contributed by atoms with van der Waals surface area (Å²) < 4.78 is 2.09. The summed E-state index contributed by atoms with van der Waals surface area (Å²) >= 11 is 0. The van der Waals surface area contributed by atoms with Crippen molar-refractivity contribution in [1.29, 1.82) is 0 Å². The maximum absolute atomic E-state index is 12.6. The van der Waals surface area contributed by atoms with Crippen LogP contribution in [0.5, 0.6) is 0 Å². The van der Waals surface area contributed by atoms with Gasteiger partial charge in [0.05, 0.1) is 0 Å². The highest BCUT2D eigenvalue weighted by atomic mass is 16.2. The molecule has 1 saturated carbocycles. The van der Waals surface area contributed by atoms with Crippen molar-refractivity contribution in [3.8, 4) is 0 Å². The molecule has 0 aliphatic heterocycles. The summed E-state index contributed by atoms with van der Waals surface area (Å²) in [5, 5.41) is 7.49. The van der Waals surface area contributed by atoms with Gasteiger partial charge in [-0.3, -0.25) is 14.4 Å². The van der Waals surface area contributed by atoms with Gasteiger partial charge in [0, 0.05) is 30.9 Å². The molecule has 5 heteroatoms. The van der Waals surface area contributed by atoms with Crippen LogP contribution in [0.4, 0.5) is 0 Å². The highest BCUT2D eigenvalue weighted by molar-refractivity contribution is 5.83. The Labute approximate surface area is 150 Å². The minimum atomic E-state index is -0.257. The fourth-order valence-corrected chi connectivity index (χ4v) is 3.23. The Balaban J connectivity index is 1.51. The summed E-state index contributed by atoms with van der Waals surface area (Å²) in [7, 11) is 3.88. The fourth-order valence-electron chi connectivity index (χ4n) is 3.23. The van der Waals surface area contributed by atoms with E-state index in [1.54, 1.807) is 0 Å². The minimum absolute atomic E-state index is 0.0525. The monoisotopic (exact) mass is 340 g/mol. The SMILES string of the molecule is Cc1ccc([C@H](C(=O)NCCCn2nccc2C2CC2)N(C)C)cc1. The third kappa shape index (κ3) is 4.48. The van der Waals surface area contributed by atoms with Gasteiger partial charge in [-0.05, 0) is 51.9 Å². The first-order chi connectivity index (χ1) is 12.1. The molecule has 1 aromatic heterocycles. The van der Waals surface area contributed by atoms with Crippen LogP contribution in [0.1, 0.15) is 48.0 Å². The predicted molar refractivity (Wildman–Crippen MR) is 99.4 cm³/mol. The zero-order valence-electron chi connectivity index (χ0n) is 15.4. The molecule has 0 saturated heterocycles. The second-order valence-corrected chi connectivity index (χ2v) is 7.17. The van der Waals surface area contributed by atoms with Crippen molar-refractivity contribution in [1.82, 2.24) is 20.0 Å². The highest BCUT2D eigenvalue weighted by Crippen LogP contribution is 2.39. The lowest BCUT2D eigenvalue weighted by Gasteiger charge is -2.24. The molecule has 0 bridgehead atoms. The third-order valence-electron chi connectivity index (χ3n) is 4.75. The van der Waals surface area contributed by atoms with Crippen molar-refractivity contribution in [3.63, 3.8) is 0 Å². The van der Waals surface area contributed by atoms with Crippen molar-refractivity contribution in [2.45, 2.75) is 44.7 Å². The Morgan fingerprint density at radius 3 is 2.64 bits per heavy atom. The van der Waals surface area contributed by atoms with E-state index >= 15 is 0 Å². The van der Waals surface area contributed by atoms with Crippen LogP contribution in [0, 0.1) is 6.92 Å². The summed E-state index contributed by atoms with van der Waals surface area (Å²) in [6.45, 7) is 3.58. The molecule has 2 aromatic rings. The summed E-state index contributed by atoms with van der Waals surface area (Å²) in [5.41, 5.74) is 3.57. The predicted octanol–water partition coefficient (Wildman–Crippen LogP) is 2.88. The summed E-state index contributed by atoms with van der Waals surface area (Å²) in [5.74, 6) is 0.758. The maximum atomic E-state index is 12.6. The Kier molecular flexibility index (Phi) is 5.53. The second-order valence-electron chi connectivity index (χ2n) is 7.17. The Morgan fingerprint density at radius 2 is 2.00 bits per heavy atom. The van der Waals surface area contributed by atoms with Crippen molar-refractivity contribution in [2.75, 3.05) is 20.6 Å². The number of benzene rings is 1. The minimum Gasteiger partial charge on any atom is -0.354 e. The van der Waals surface area contributed by atoms with Gasteiger partial charge in [0.2, 0.25) is 5.91 Å². The molecule has 134 valence electrons. The van der Waals surface area contributed by atoms with Gasteiger partial charge in [-0.25, -0.2) is 0 Å². The first-order valence-electron chi connectivity index (χ1n) is 9.08. The maximum Gasteiger partial charge on any atom is 0.241 e. The second kappa shape index (κ2) is 7.83. The van der Waals surface area contributed by atoms with E-state index in [0.29, 0.717) is 12.5 Å². The molecule has 0 radical (unpaired) electrons. The number of carbonyl (C=O) groups excluding carboxylic acids is 1. The van der Waals surface area contributed by atoms with Crippen LogP contribution in [-0.2, 0) is 11.3 Å². The quantitative estimate of drug-likeness (QED) is 0.752. The molecule has 1 aromatic carbocycles. The topological polar surface area (TPSA) is 50.2 Å². The third-order valence-corrected chi connectivity index (χ3v) is 4.75. The Morgan fingerprint density at radius 1 is 1.28 bits per heavy atom. The van der Waals surface area contributed by atoms with Crippen molar-refractivity contribution in [2.24, 2.45) is 0 Å². The number of aryl methyl sites for hydroxylation is 2. The van der Waals surface area contributed by atoms with Gasteiger partial charge < -0.3 is 5.32 Å². The number of amides is 1. The average Bonchev–Trinajstić information content (AvgIpc) is 3.32. The zero-order valence-corrected chi connectivity index (χ0v) is 15.4. The van der Waals surface area contributed by atoms with Crippen molar-refractivity contribution in [3.05, 3.63) is 53.3 Å². The largest absolute Gasteiger partial charge is 0.354 e. The van der Waals surface area contributed by atoms with E-state index in [1.165, 1.54) is 24.1 Å². The summed E-state index contributed by atoms with van der Waals surface area (Å²) in [6, 6.07) is 10.0. The summed E-state index contributed by atoms with van der Waals surface area (Å²) in [4.78, 5) is 14.6. The number of likely N-dealkylation sites (N-methyl/N-ethyl adjacent to an activating group) is 1. The molecule has 1 amide bonds. The van der Waals surface area contributed by atoms with E-state index in [4.69, 9.17) is 0 Å². The lowest BCUT2D eigenvalue weighted by atomic mass is 10.0. The molecule has 25 heavy (non-hydrogen) atoms. The first kappa shape index (κ1) is 17.7. The summed E-state index contributed by atoms with van der Waals surface area (Å²) in [6.07, 6.45) is 5.33. The molecule has 0 spiro atoms. The first-order valence-corrected chi connectivity index (χ1v) is 9.08. The molecular formula is C20H28N4O. The van der Waals surface area contributed by atoms with Gasteiger partial charge in [0.25, 0.3) is 0 Å². The van der Waals surface area contributed by atoms with Gasteiger partial charge in [-0.15, -0.1) is 0 Å². The van der Waals surface area contributed by atoms with Crippen LogP contribution in [0.2, 0.25) is 0 Å². The van der Waals surface area contributed by atoms with E-state index in [-0.39, 0.29) is 11.9 Å². The number of hydrogen-bond acceptors (Lipinski definition) is 3. The van der Waals surface area contributed by atoms with Gasteiger partial charge in [-0.2, -0.15) is 5.10 Å². The van der Waals surface area contributed by atoms with Crippen molar-refractivity contribution < 1.29 is 4.79 Å². The van der Waals surface area contributed by atoms with Gasteiger partial charge >= 0.3 is 0 Å². The lowest BCUT2D eigenvalue weighted by molar-refractivity contribution is -0.125. The number of aromatic nitrogens is 2. The zero-order chi connectivity index (χ0) is 17.8. The Bertz CT molecular complexity index is 701. The normalized spacial score (nSPS) is 15.4. The molecule has 1 N–H and O–H groups in total. The van der Waals surface area contributed by atoms with Crippen LogP contribution in [0.3, 0.4) is 0 Å². The standard InChI is InChI=1S/C20H28N4O/c1-15-5-7-17(8-6-15)19(23(2)3)20(25)21-12-4-14-24-18(11-13-22-24)16-9-10-16/h5-8,11,13,16,19H,4,9-10,12,14H2,1-3H3,(H,21,25)/t19-/m1/s1. The molecule has 1 fully saturated rings. The molecule has 1 atom stereocenters. The molecular weight excluding hydrogens is 312 g/mol. The van der Waals surface area contributed by atoms with E-state index < -0.39 is 0 Å². The molecule has 1 heterocycles. The highest BCUT2D eigenvalue weighted by Gasteiger charge is 2.26. The van der Waals surface area contributed by atoms with E-state index in [1.807, 2.05) is 37.3 Å². The van der Waals surface area contributed by atoms with Gasteiger partial charge in [-0.1, -0.05) is 29.8 Å². The molecule has 1 aliphatic carbocycles. The number of nitrogens with one attached hydrogen (secondary N) is 1. The molecule has 0 unspecified atom stereocenters. The molecule has 1 aliphatic rings. The number of hydrogen-bond donors (Lipinski definition) is 1. The number of rotatable bonds is 8. The number of nitrogens with zero attached hydrogens (tertiary/aromatic N) is 3. The van der Waals surface area contributed by atoms with Crippen molar-refractivity contribution >= 4 is 5.91 Å². The van der Waals surface area contributed by atoms with Gasteiger partial charge in [0.1, 0.15) is 6.04 Å². The van der Waals surface area contributed by atoms with Crippen LogP contribution < -0.4 is 5.32 Å². The smallest absolute Gasteiger partial charge is 0.241 e. The average molecular weight is 340 g/mol. The lowest BCUT2D eigenvalue weighted by Crippen LogP contribution is -2.37. The van der Waals surface area contributed by atoms with Crippen LogP contribution in [0.15, 0.2) is 36.5 Å². The number of carbonyl (C=O) groups is 1. The van der Waals surface area contributed by atoms with E-state index in [2.05, 4.69) is 40.2 Å².